The van der Waals surface area contributed by atoms with Crippen molar-refractivity contribution in [2.24, 2.45) is 5.92 Å². The molecule has 2 aromatic heterocycles. The first-order valence-electron chi connectivity index (χ1n) is 10.9. The monoisotopic (exact) mass is 451 g/mol. The molecule has 0 amide bonds. The van der Waals surface area contributed by atoms with E-state index in [2.05, 4.69) is 35.3 Å². The fraction of sp³-hybridized carbons (Fsp3) is 0.714. The van der Waals surface area contributed by atoms with Crippen LogP contribution in [0.5, 0.6) is 0 Å². The molecular weight excluding hydrogens is 418 g/mol. The minimum atomic E-state index is -3.17. The van der Waals surface area contributed by atoms with Crippen LogP contribution in [0, 0.1) is 19.8 Å². The predicted molar refractivity (Wildman–Crippen MR) is 124 cm³/mol. The molecule has 0 radical (unpaired) electrons. The van der Waals surface area contributed by atoms with Crippen LogP contribution in [0.1, 0.15) is 48.9 Å². The first-order valence-corrected chi connectivity index (χ1v) is 13.6. The van der Waals surface area contributed by atoms with Crippen LogP contribution in [0.2, 0.25) is 0 Å². The van der Waals surface area contributed by atoms with E-state index in [0.29, 0.717) is 0 Å². The number of nitrogens with zero attached hydrogens (tertiary/aromatic N) is 4. The summed E-state index contributed by atoms with van der Waals surface area (Å²) in [6, 6.07) is 0.00805. The molecule has 4 heterocycles. The molecule has 1 N–H and O–H groups in total. The van der Waals surface area contributed by atoms with E-state index in [1.54, 1.807) is 11.3 Å². The highest BCUT2D eigenvalue weighted by Crippen LogP contribution is 2.36. The summed E-state index contributed by atoms with van der Waals surface area (Å²) in [5.41, 5.74) is 1.26. The predicted octanol–water partition coefficient (Wildman–Crippen LogP) is 3.06. The second-order valence-electron chi connectivity index (χ2n) is 9.04. The van der Waals surface area contributed by atoms with Crippen LogP contribution in [0.25, 0.3) is 10.2 Å². The van der Waals surface area contributed by atoms with Gasteiger partial charge in [-0.05, 0) is 64.1 Å². The number of aromatic nitrogens is 2. The van der Waals surface area contributed by atoms with Crippen LogP contribution in [0.4, 0.5) is 5.82 Å². The molecule has 2 fully saturated rings. The molecule has 0 bridgehead atoms. The molecule has 0 unspecified atom stereocenters. The van der Waals surface area contributed by atoms with E-state index in [9.17, 15) is 8.42 Å². The third kappa shape index (κ3) is 4.95. The summed E-state index contributed by atoms with van der Waals surface area (Å²) in [6.07, 6.45) is 5.30. The van der Waals surface area contributed by atoms with Crippen molar-refractivity contribution in [3.05, 3.63) is 16.3 Å². The number of fused-ring (bicyclic) bond motifs is 1. The molecule has 0 saturated carbocycles. The number of hydrogen-bond acceptors (Lipinski definition) is 7. The molecule has 166 valence electrons. The molecule has 0 aliphatic carbocycles. The maximum absolute atomic E-state index is 11.6. The minimum Gasteiger partial charge on any atom is -0.356 e. The summed E-state index contributed by atoms with van der Waals surface area (Å²) in [7, 11) is -3.17. The van der Waals surface area contributed by atoms with Crippen LogP contribution in [0.15, 0.2) is 0 Å². The second kappa shape index (κ2) is 8.68. The summed E-state index contributed by atoms with van der Waals surface area (Å²) in [5, 5.41) is 1.17. The normalized spacial score (nSPS) is 20.3. The number of sulfonamides is 1. The van der Waals surface area contributed by atoms with E-state index in [1.165, 1.54) is 34.9 Å². The zero-order valence-electron chi connectivity index (χ0n) is 18.4. The lowest BCUT2D eigenvalue weighted by Crippen LogP contribution is -2.44. The number of rotatable bonds is 5. The summed E-state index contributed by atoms with van der Waals surface area (Å²) in [4.78, 5) is 17.2. The average molecular weight is 452 g/mol. The Morgan fingerprint density at radius 1 is 1.07 bits per heavy atom. The van der Waals surface area contributed by atoms with Crippen molar-refractivity contribution in [3.63, 3.8) is 0 Å². The molecule has 0 aromatic carbocycles. The molecule has 9 heteroatoms. The lowest BCUT2D eigenvalue weighted by molar-refractivity contribution is 0.181. The zero-order chi connectivity index (χ0) is 21.5. The Kier molecular flexibility index (Phi) is 6.35. The van der Waals surface area contributed by atoms with Crippen LogP contribution in [0.3, 0.4) is 0 Å². The van der Waals surface area contributed by atoms with Crippen molar-refractivity contribution in [1.29, 1.82) is 0 Å². The highest BCUT2D eigenvalue weighted by atomic mass is 32.2. The Morgan fingerprint density at radius 3 is 2.37 bits per heavy atom. The molecule has 2 saturated heterocycles. The van der Waals surface area contributed by atoms with Gasteiger partial charge in [-0.25, -0.2) is 23.1 Å². The number of likely N-dealkylation sites (tertiary alicyclic amines) is 1. The van der Waals surface area contributed by atoms with E-state index in [-0.39, 0.29) is 6.04 Å². The van der Waals surface area contributed by atoms with E-state index >= 15 is 0 Å². The highest BCUT2D eigenvalue weighted by Gasteiger charge is 2.26. The van der Waals surface area contributed by atoms with Gasteiger partial charge in [-0.15, -0.1) is 11.3 Å². The number of aryl methyl sites for hydroxylation is 2. The van der Waals surface area contributed by atoms with E-state index in [1.807, 2.05) is 0 Å². The number of hydrogen-bond donors (Lipinski definition) is 1. The Hall–Kier alpha value is -1.29. The van der Waals surface area contributed by atoms with Gasteiger partial charge in [-0.3, -0.25) is 4.90 Å². The van der Waals surface area contributed by atoms with Gasteiger partial charge in [0.1, 0.15) is 16.5 Å². The van der Waals surface area contributed by atoms with Gasteiger partial charge in [0.2, 0.25) is 10.0 Å². The first-order chi connectivity index (χ1) is 14.2. The van der Waals surface area contributed by atoms with Crippen LogP contribution < -0.4 is 9.62 Å². The SMILES string of the molecule is Cc1sc2nc(CN3CCC(C)CC3)nc(N3CCC(NS(C)(=O)=O)CC3)c2c1C. The van der Waals surface area contributed by atoms with Gasteiger partial charge >= 0.3 is 0 Å². The Morgan fingerprint density at radius 2 is 1.73 bits per heavy atom. The molecule has 2 aromatic rings. The highest BCUT2D eigenvalue weighted by molar-refractivity contribution is 7.88. The fourth-order valence-corrected chi connectivity index (χ4v) is 6.39. The molecular formula is C21H33N5O2S2. The summed E-state index contributed by atoms with van der Waals surface area (Å²) in [6.45, 7) is 11.3. The quantitative estimate of drug-likeness (QED) is 0.753. The summed E-state index contributed by atoms with van der Waals surface area (Å²) in [5.74, 6) is 2.74. The number of nitrogens with one attached hydrogen (secondary N) is 1. The minimum absolute atomic E-state index is 0.00805. The fourth-order valence-electron chi connectivity index (χ4n) is 4.50. The van der Waals surface area contributed by atoms with Gasteiger partial charge in [0.25, 0.3) is 0 Å². The maximum Gasteiger partial charge on any atom is 0.208 e. The third-order valence-electron chi connectivity index (χ3n) is 6.47. The van der Waals surface area contributed by atoms with Crippen molar-refractivity contribution in [2.75, 3.05) is 37.3 Å². The standard InChI is InChI=1S/C21H33N5O2S2/c1-14-5-9-25(10-6-14)13-18-22-20(19-15(2)16(3)29-21(19)23-18)26-11-7-17(8-12-26)24-30(4,27)28/h14,17,24H,5-13H2,1-4H3. The molecule has 30 heavy (non-hydrogen) atoms. The Bertz CT molecular complexity index is 1000. The summed E-state index contributed by atoms with van der Waals surface area (Å²) < 4.78 is 25.9. The van der Waals surface area contributed by atoms with Gasteiger partial charge in [-0.1, -0.05) is 6.92 Å². The first kappa shape index (κ1) is 21.9. The van der Waals surface area contributed by atoms with Crippen molar-refractivity contribution in [1.82, 2.24) is 19.6 Å². The lowest BCUT2D eigenvalue weighted by Gasteiger charge is -2.34. The van der Waals surface area contributed by atoms with Gasteiger partial charge in [0.05, 0.1) is 18.2 Å². The van der Waals surface area contributed by atoms with Gasteiger partial charge in [-0.2, -0.15) is 0 Å². The lowest BCUT2D eigenvalue weighted by atomic mass is 9.99. The van der Waals surface area contributed by atoms with Crippen molar-refractivity contribution < 1.29 is 8.42 Å². The van der Waals surface area contributed by atoms with Crippen molar-refractivity contribution in [2.45, 2.75) is 59.0 Å². The molecule has 4 rings (SSSR count). The smallest absolute Gasteiger partial charge is 0.208 e. The van der Waals surface area contributed by atoms with Gasteiger partial charge in [0.15, 0.2) is 0 Å². The number of thiophene rings is 1. The van der Waals surface area contributed by atoms with E-state index in [0.717, 1.165) is 68.0 Å². The molecule has 7 nitrogen and oxygen atoms in total. The van der Waals surface area contributed by atoms with Crippen molar-refractivity contribution in [3.8, 4) is 0 Å². The Labute approximate surface area is 183 Å². The van der Waals surface area contributed by atoms with Crippen LogP contribution in [-0.4, -0.2) is 61.8 Å². The zero-order valence-corrected chi connectivity index (χ0v) is 20.1. The average Bonchev–Trinajstić information content (AvgIpc) is 2.96. The topological polar surface area (TPSA) is 78.4 Å². The van der Waals surface area contributed by atoms with Gasteiger partial charge < -0.3 is 4.90 Å². The molecule has 2 aliphatic rings. The second-order valence-corrected chi connectivity index (χ2v) is 12.0. The molecule has 2 aliphatic heterocycles. The largest absolute Gasteiger partial charge is 0.356 e. The number of anilines is 1. The maximum atomic E-state index is 11.6. The molecule has 0 spiro atoms. The van der Waals surface area contributed by atoms with E-state index in [4.69, 9.17) is 9.97 Å². The third-order valence-corrected chi connectivity index (χ3v) is 8.34. The van der Waals surface area contributed by atoms with E-state index < -0.39 is 10.0 Å². The Balaban J connectivity index is 1.58. The summed E-state index contributed by atoms with van der Waals surface area (Å²) >= 11 is 1.75. The number of piperidine rings is 2. The van der Waals surface area contributed by atoms with Crippen LogP contribution in [-0.2, 0) is 16.6 Å². The van der Waals surface area contributed by atoms with Gasteiger partial charge in [0, 0.05) is 24.0 Å². The van der Waals surface area contributed by atoms with Crippen molar-refractivity contribution >= 4 is 37.4 Å². The molecule has 0 atom stereocenters. The van der Waals surface area contributed by atoms with Crippen LogP contribution >= 0.6 is 11.3 Å².